The van der Waals surface area contributed by atoms with Gasteiger partial charge in [-0.15, -0.1) is 0 Å². The molecule has 1 unspecified atom stereocenters. The summed E-state index contributed by atoms with van der Waals surface area (Å²) in [4.78, 5) is 29.4. The Bertz CT molecular complexity index is 903. The second-order valence-corrected chi connectivity index (χ2v) is 8.76. The predicted molar refractivity (Wildman–Crippen MR) is 121 cm³/mol. The number of hydrogen-bond donors (Lipinski definition) is 0. The van der Waals surface area contributed by atoms with Crippen molar-refractivity contribution in [3.63, 3.8) is 0 Å². The number of carbonyl (C=O) groups excluding carboxylic acids is 2. The first-order chi connectivity index (χ1) is 15.1. The summed E-state index contributed by atoms with van der Waals surface area (Å²) in [5, 5.41) is 0. The summed E-state index contributed by atoms with van der Waals surface area (Å²) in [5.74, 6) is 1.32. The third-order valence-corrected chi connectivity index (χ3v) is 6.41. The standard InChI is InChI=1S/C26H32N2O3/c1-20-8-3-4-10-24(20)26(30)28-17-7-9-21(18-28)19-31-23-13-11-22(12-14-23)25(29)27-15-5-2-6-16-27/h3-4,8,10-14,21H,2,5-7,9,15-19H2,1H3. The Morgan fingerprint density at radius 1 is 0.871 bits per heavy atom. The van der Waals surface area contributed by atoms with Crippen molar-refractivity contribution in [1.29, 1.82) is 0 Å². The molecule has 0 aliphatic carbocycles. The molecule has 0 N–H and O–H groups in total. The molecule has 2 fully saturated rings. The summed E-state index contributed by atoms with van der Waals surface area (Å²) >= 11 is 0. The Morgan fingerprint density at radius 2 is 1.58 bits per heavy atom. The Hall–Kier alpha value is -2.82. The van der Waals surface area contributed by atoms with Gasteiger partial charge in [-0.1, -0.05) is 18.2 Å². The highest BCUT2D eigenvalue weighted by Gasteiger charge is 2.25. The second kappa shape index (κ2) is 9.99. The Labute approximate surface area is 185 Å². The molecule has 0 aromatic heterocycles. The number of rotatable bonds is 5. The van der Waals surface area contributed by atoms with E-state index in [9.17, 15) is 9.59 Å². The lowest BCUT2D eigenvalue weighted by atomic mass is 9.97. The molecule has 2 saturated heterocycles. The largest absolute Gasteiger partial charge is 0.493 e. The number of aryl methyl sites for hydroxylation is 1. The van der Waals surface area contributed by atoms with E-state index < -0.39 is 0 Å². The van der Waals surface area contributed by atoms with Gasteiger partial charge in [0.25, 0.3) is 11.8 Å². The summed E-state index contributed by atoms with van der Waals surface area (Å²) in [6, 6.07) is 15.3. The van der Waals surface area contributed by atoms with Crippen LogP contribution in [-0.2, 0) is 0 Å². The highest BCUT2D eigenvalue weighted by molar-refractivity contribution is 5.95. The van der Waals surface area contributed by atoms with Crippen molar-refractivity contribution >= 4 is 11.8 Å². The van der Waals surface area contributed by atoms with Crippen LogP contribution in [0.2, 0.25) is 0 Å². The van der Waals surface area contributed by atoms with Gasteiger partial charge in [0.1, 0.15) is 5.75 Å². The minimum atomic E-state index is 0.114. The molecular formula is C26H32N2O3. The number of nitrogens with zero attached hydrogens (tertiary/aromatic N) is 2. The zero-order chi connectivity index (χ0) is 21.6. The summed E-state index contributed by atoms with van der Waals surface area (Å²) in [5.41, 5.74) is 2.53. The normalized spacial score (nSPS) is 19.2. The number of benzene rings is 2. The Morgan fingerprint density at radius 3 is 2.32 bits per heavy atom. The van der Waals surface area contributed by atoms with Crippen LogP contribution in [0.25, 0.3) is 0 Å². The van der Waals surface area contributed by atoms with E-state index in [0.29, 0.717) is 12.5 Å². The van der Waals surface area contributed by atoms with E-state index in [4.69, 9.17) is 4.74 Å². The van der Waals surface area contributed by atoms with E-state index in [0.717, 1.165) is 74.3 Å². The van der Waals surface area contributed by atoms with Crippen LogP contribution in [0.4, 0.5) is 0 Å². The van der Waals surface area contributed by atoms with Gasteiger partial charge in [-0.3, -0.25) is 9.59 Å². The summed E-state index contributed by atoms with van der Waals surface area (Å²) < 4.78 is 6.02. The molecule has 2 amide bonds. The van der Waals surface area contributed by atoms with Crippen LogP contribution in [0.5, 0.6) is 5.75 Å². The van der Waals surface area contributed by atoms with Crippen molar-refractivity contribution in [2.75, 3.05) is 32.8 Å². The van der Waals surface area contributed by atoms with E-state index in [2.05, 4.69) is 0 Å². The maximum atomic E-state index is 12.9. The fraction of sp³-hybridized carbons (Fsp3) is 0.462. The maximum absolute atomic E-state index is 12.9. The van der Waals surface area contributed by atoms with Crippen LogP contribution in [0.3, 0.4) is 0 Å². The van der Waals surface area contributed by atoms with Crippen LogP contribution in [0, 0.1) is 12.8 Å². The smallest absolute Gasteiger partial charge is 0.254 e. The fourth-order valence-electron chi connectivity index (χ4n) is 4.56. The molecule has 164 valence electrons. The summed E-state index contributed by atoms with van der Waals surface area (Å²) in [7, 11) is 0. The number of hydrogen-bond acceptors (Lipinski definition) is 3. The molecule has 2 aromatic rings. The number of ether oxygens (including phenoxy) is 1. The highest BCUT2D eigenvalue weighted by atomic mass is 16.5. The van der Waals surface area contributed by atoms with Crippen LogP contribution in [0.1, 0.15) is 58.4 Å². The third kappa shape index (κ3) is 5.27. The summed E-state index contributed by atoms with van der Waals surface area (Å²) in [6.07, 6.45) is 5.46. The molecule has 0 bridgehead atoms. The van der Waals surface area contributed by atoms with Gasteiger partial charge in [0.15, 0.2) is 0 Å². The molecule has 31 heavy (non-hydrogen) atoms. The molecule has 2 aliphatic rings. The van der Waals surface area contributed by atoms with E-state index in [1.807, 2.05) is 65.3 Å². The average molecular weight is 421 g/mol. The number of piperidine rings is 2. The number of amides is 2. The van der Waals surface area contributed by atoms with Crippen molar-refractivity contribution in [1.82, 2.24) is 9.80 Å². The van der Waals surface area contributed by atoms with Gasteiger partial charge in [-0.2, -0.15) is 0 Å². The molecule has 1 atom stereocenters. The van der Waals surface area contributed by atoms with Gasteiger partial charge >= 0.3 is 0 Å². The Kier molecular flexibility index (Phi) is 6.90. The van der Waals surface area contributed by atoms with Crippen molar-refractivity contribution in [3.8, 4) is 5.75 Å². The average Bonchev–Trinajstić information content (AvgIpc) is 2.83. The van der Waals surface area contributed by atoms with Crippen molar-refractivity contribution in [2.45, 2.75) is 39.0 Å². The van der Waals surface area contributed by atoms with Gasteiger partial charge in [0.2, 0.25) is 0 Å². The second-order valence-electron chi connectivity index (χ2n) is 8.76. The molecule has 0 spiro atoms. The first-order valence-corrected chi connectivity index (χ1v) is 11.5. The Balaban J connectivity index is 1.30. The molecule has 5 heteroatoms. The maximum Gasteiger partial charge on any atom is 0.254 e. The molecule has 5 nitrogen and oxygen atoms in total. The van der Waals surface area contributed by atoms with Crippen LogP contribution in [-0.4, -0.2) is 54.4 Å². The van der Waals surface area contributed by atoms with Crippen LogP contribution >= 0.6 is 0 Å². The molecule has 0 saturated carbocycles. The lowest BCUT2D eigenvalue weighted by molar-refractivity contribution is 0.0632. The highest BCUT2D eigenvalue weighted by Crippen LogP contribution is 2.22. The SMILES string of the molecule is Cc1ccccc1C(=O)N1CCCC(COc2ccc(C(=O)N3CCCCC3)cc2)C1. The van der Waals surface area contributed by atoms with E-state index in [-0.39, 0.29) is 11.8 Å². The predicted octanol–water partition coefficient (Wildman–Crippen LogP) is 4.55. The van der Waals surface area contributed by atoms with Gasteiger partial charge in [-0.25, -0.2) is 0 Å². The minimum Gasteiger partial charge on any atom is -0.493 e. The quantitative estimate of drug-likeness (QED) is 0.713. The summed E-state index contributed by atoms with van der Waals surface area (Å²) in [6.45, 7) is 5.80. The minimum absolute atomic E-state index is 0.114. The lowest BCUT2D eigenvalue weighted by Crippen LogP contribution is -2.41. The lowest BCUT2D eigenvalue weighted by Gasteiger charge is -2.33. The van der Waals surface area contributed by atoms with Crippen LogP contribution < -0.4 is 4.74 Å². The van der Waals surface area contributed by atoms with Crippen LogP contribution in [0.15, 0.2) is 48.5 Å². The first kappa shape index (κ1) is 21.4. The molecular weight excluding hydrogens is 388 g/mol. The monoisotopic (exact) mass is 420 g/mol. The van der Waals surface area contributed by atoms with E-state index >= 15 is 0 Å². The van der Waals surface area contributed by atoms with E-state index in [1.54, 1.807) is 0 Å². The third-order valence-electron chi connectivity index (χ3n) is 6.41. The van der Waals surface area contributed by atoms with Crippen molar-refractivity contribution in [3.05, 3.63) is 65.2 Å². The van der Waals surface area contributed by atoms with Crippen molar-refractivity contribution in [2.24, 2.45) is 5.92 Å². The molecule has 2 heterocycles. The molecule has 2 aromatic carbocycles. The molecule has 0 radical (unpaired) electrons. The topological polar surface area (TPSA) is 49.9 Å². The van der Waals surface area contributed by atoms with Crippen molar-refractivity contribution < 1.29 is 14.3 Å². The zero-order valence-corrected chi connectivity index (χ0v) is 18.4. The number of carbonyl (C=O) groups is 2. The van der Waals surface area contributed by atoms with Gasteiger partial charge in [0.05, 0.1) is 6.61 Å². The zero-order valence-electron chi connectivity index (χ0n) is 18.4. The van der Waals surface area contributed by atoms with Gasteiger partial charge in [-0.05, 0) is 74.9 Å². The molecule has 4 rings (SSSR count). The molecule has 2 aliphatic heterocycles. The van der Waals surface area contributed by atoms with E-state index in [1.165, 1.54) is 6.42 Å². The first-order valence-electron chi connectivity index (χ1n) is 11.5. The van der Waals surface area contributed by atoms with Gasteiger partial charge in [0, 0.05) is 43.2 Å². The number of likely N-dealkylation sites (tertiary alicyclic amines) is 2. The van der Waals surface area contributed by atoms with Gasteiger partial charge < -0.3 is 14.5 Å². The fourth-order valence-corrected chi connectivity index (χ4v) is 4.56.